The molecule has 0 N–H and O–H groups in total. The van der Waals surface area contributed by atoms with Crippen LogP contribution in [-0.4, -0.2) is 56.8 Å². The van der Waals surface area contributed by atoms with Crippen LogP contribution in [-0.2, 0) is 11.2 Å². The Morgan fingerprint density at radius 1 is 1.15 bits per heavy atom. The lowest BCUT2D eigenvalue weighted by Crippen LogP contribution is -2.49. The van der Waals surface area contributed by atoms with Crippen LogP contribution in [0.4, 0.5) is 10.2 Å². The predicted molar refractivity (Wildman–Crippen MR) is 94.7 cm³/mol. The summed E-state index contributed by atoms with van der Waals surface area (Å²) in [6.45, 7) is 2.60. The van der Waals surface area contributed by atoms with Crippen LogP contribution in [0.1, 0.15) is 5.56 Å². The Labute approximate surface area is 154 Å². The smallest absolute Gasteiger partial charge is 0.227 e. The average molecular weight is 375 g/mol. The fraction of sp³-hybridized carbons (Fsp3) is 0.294. The second-order valence-electron chi connectivity index (χ2n) is 6.12. The maximum Gasteiger partial charge on any atom is 0.227 e. The first kappa shape index (κ1) is 16.7. The van der Waals surface area contributed by atoms with Crippen molar-refractivity contribution in [3.8, 4) is 0 Å². The molecule has 134 valence electrons. The maximum atomic E-state index is 13.2. The van der Waals surface area contributed by atoms with Gasteiger partial charge in [0.15, 0.2) is 5.65 Å². The largest absolute Gasteiger partial charge is 0.352 e. The molecule has 1 aliphatic rings. The summed E-state index contributed by atoms with van der Waals surface area (Å²) < 4.78 is 14.9. The van der Waals surface area contributed by atoms with E-state index in [0.29, 0.717) is 37.4 Å². The van der Waals surface area contributed by atoms with Crippen LogP contribution in [0, 0.1) is 5.82 Å². The van der Waals surface area contributed by atoms with Crippen LogP contribution in [0.5, 0.6) is 0 Å². The summed E-state index contributed by atoms with van der Waals surface area (Å²) in [7, 11) is 0. The number of anilines is 1. The number of hydrogen-bond donors (Lipinski definition) is 0. The first-order valence-electron chi connectivity index (χ1n) is 8.24. The van der Waals surface area contributed by atoms with E-state index in [1.54, 1.807) is 16.9 Å². The molecule has 9 heteroatoms. The lowest BCUT2D eigenvalue weighted by molar-refractivity contribution is -0.130. The van der Waals surface area contributed by atoms with Gasteiger partial charge in [0.2, 0.25) is 5.91 Å². The Balaban J connectivity index is 1.37. The van der Waals surface area contributed by atoms with E-state index in [1.165, 1.54) is 12.1 Å². The number of halogens is 2. The van der Waals surface area contributed by atoms with Crippen molar-refractivity contribution in [2.24, 2.45) is 0 Å². The zero-order valence-electron chi connectivity index (χ0n) is 13.8. The number of aromatic nitrogens is 4. The van der Waals surface area contributed by atoms with Gasteiger partial charge in [0, 0.05) is 26.2 Å². The molecule has 7 nitrogen and oxygen atoms in total. The molecule has 3 heterocycles. The fourth-order valence-electron chi connectivity index (χ4n) is 3.01. The number of carbonyl (C=O) groups is 1. The third kappa shape index (κ3) is 3.32. The van der Waals surface area contributed by atoms with E-state index < -0.39 is 5.82 Å². The highest BCUT2D eigenvalue weighted by Crippen LogP contribution is 2.18. The van der Waals surface area contributed by atoms with Crippen molar-refractivity contribution >= 4 is 29.0 Å². The topological polar surface area (TPSA) is 66.6 Å². The molecule has 0 saturated carbocycles. The first-order chi connectivity index (χ1) is 12.6. The molecule has 0 atom stereocenters. The molecular formula is C17H16ClFN6O. The Hall–Kier alpha value is -2.74. The molecule has 1 aromatic carbocycles. The summed E-state index contributed by atoms with van der Waals surface area (Å²) >= 11 is 5.78. The highest BCUT2D eigenvalue weighted by molar-refractivity contribution is 6.30. The predicted octanol–water partition coefficient (Wildman–Crippen LogP) is 1.81. The third-order valence-corrected chi connectivity index (χ3v) is 4.73. The summed E-state index contributed by atoms with van der Waals surface area (Å²) in [5, 5.41) is 12.3. The Morgan fingerprint density at radius 2 is 1.96 bits per heavy atom. The molecular weight excluding hydrogens is 359 g/mol. The van der Waals surface area contributed by atoms with Crippen LogP contribution >= 0.6 is 11.6 Å². The zero-order chi connectivity index (χ0) is 18.1. The number of piperazine rings is 1. The minimum Gasteiger partial charge on any atom is -0.352 e. The Bertz CT molecular complexity index is 953. The quantitative estimate of drug-likeness (QED) is 0.699. The normalized spacial score (nSPS) is 14.8. The summed E-state index contributed by atoms with van der Waals surface area (Å²) in [5.74, 6) is 0.360. The van der Waals surface area contributed by atoms with Gasteiger partial charge in [-0.15, -0.1) is 15.3 Å². The van der Waals surface area contributed by atoms with E-state index in [-0.39, 0.29) is 17.4 Å². The molecule has 1 amide bonds. The van der Waals surface area contributed by atoms with Crippen molar-refractivity contribution in [1.29, 1.82) is 0 Å². The lowest BCUT2D eigenvalue weighted by atomic mass is 10.1. The lowest BCUT2D eigenvalue weighted by Gasteiger charge is -2.35. The van der Waals surface area contributed by atoms with E-state index in [1.807, 2.05) is 17.0 Å². The van der Waals surface area contributed by atoms with Crippen LogP contribution in [0.2, 0.25) is 5.02 Å². The van der Waals surface area contributed by atoms with Crippen molar-refractivity contribution in [2.45, 2.75) is 6.42 Å². The molecule has 26 heavy (non-hydrogen) atoms. The summed E-state index contributed by atoms with van der Waals surface area (Å²) in [4.78, 5) is 16.4. The van der Waals surface area contributed by atoms with Crippen LogP contribution in [0.15, 0.2) is 36.7 Å². The number of hydrogen-bond acceptors (Lipinski definition) is 5. The second kappa shape index (κ2) is 6.87. The first-order valence-corrected chi connectivity index (χ1v) is 8.62. The molecule has 1 saturated heterocycles. The SMILES string of the molecule is O=C(Cc1ccc(F)c(Cl)c1)N1CCN(c2ccc3nncn3n2)CC1. The molecule has 1 fully saturated rings. The third-order valence-electron chi connectivity index (χ3n) is 4.44. The van der Waals surface area contributed by atoms with Crippen molar-refractivity contribution < 1.29 is 9.18 Å². The van der Waals surface area contributed by atoms with Gasteiger partial charge in [-0.1, -0.05) is 17.7 Å². The standard InChI is InChI=1S/C17H16ClFN6O/c18-13-9-12(1-2-14(13)19)10-17(26)24-7-5-23(6-8-24)16-4-3-15-21-20-11-25(15)22-16/h1-4,9,11H,5-8,10H2. The van der Waals surface area contributed by atoms with Gasteiger partial charge in [-0.3, -0.25) is 4.79 Å². The molecule has 0 spiro atoms. The van der Waals surface area contributed by atoms with Gasteiger partial charge in [-0.2, -0.15) is 4.52 Å². The van der Waals surface area contributed by atoms with Gasteiger partial charge >= 0.3 is 0 Å². The van der Waals surface area contributed by atoms with Gasteiger partial charge in [0.05, 0.1) is 11.4 Å². The number of carbonyl (C=O) groups excluding carboxylic acids is 1. The van der Waals surface area contributed by atoms with Gasteiger partial charge in [0.25, 0.3) is 0 Å². The summed E-state index contributed by atoms with van der Waals surface area (Å²) in [6.07, 6.45) is 1.78. The van der Waals surface area contributed by atoms with E-state index in [9.17, 15) is 9.18 Å². The van der Waals surface area contributed by atoms with Crippen molar-refractivity contribution in [1.82, 2.24) is 24.7 Å². The van der Waals surface area contributed by atoms with Crippen molar-refractivity contribution in [3.05, 3.63) is 53.1 Å². The number of benzene rings is 1. The zero-order valence-corrected chi connectivity index (χ0v) is 14.6. The molecule has 0 radical (unpaired) electrons. The van der Waals surface area contributed by atoms with E-state index in [2.05, 4.69) is 20.2 Å². The Morgan fingerprint density at radius 3 is 2.73 bits per heavy atom. The monoisotopic (exact) mass is 374 g/mol. The van der Waals surface area contributed by atoms with Crippen LogP contribution < -0.4 is 4.90 Å². The van der Waals surface area contributed by atoms with Crippen LogP contribution in [0.25, 0.3) is 5.65 Å². The van der Waals surface area contributed by atoms with E-state index in [0.717, 1.165) is 5.82 Å². The average Bonchev–Trinajstić information content (AvgIpc) is 3.12. The molecule has 0 unspecified atom stereocenters. The van der Waals surface area contributed by atoms with Gasteiger partial charge < -0.3 is 9.80 Å². The number of rotatable bonds is 3. The fourth-order valence-corrected chi connectivity index (χ4v) is 3.21. The minimum atomic E-state index is -0.478. The van der Waals surface area contributed by atoms with Gasteiger partial charge in [-0.25, -0.2) is 4.39 Å². The number of nitrogens with zero attached hydrogens (tertiary/aromatic N) is 6. The highest BCUT2D eigenvalue weighted by Gasteiger charge is 2.22. The maximum absolute atomic E-state index is 13.2. The molecule has 0 aliphatic carbocycles. The van der Waals surface area contributed by atoms with Crippen molar-refractivity contribution in [3.63, 3.8) is 0 Å². The molecule has 1 aliphatic heterocycles. The second-order valence-corrected chi connectivity index (χ2v) is 6.53. The van der Waals surface area contributed by atoms with E-state index >= 15 is 0 Å². The van der Waals surface area contributed by atoms with Crippen molar-refractivity contribution in [2.75, 3.05) is 31.1 Å². The molecule has 3 aromatic rings. The molecule has 0 bridgehead atoms. The van der Waals surface area contributed by atoms with Crippen LogP contribution in [0.3, 0.4) is 0 Å². The molecule has 2 aromatic heterocycles. The highest BCUT2D eigenvalue weighted by atomic mass is 35.5. The number of amides is 1. The van der Waals surface area contributed by atoms with Gasteiger partial charge in [-0.05, 0) is 29.8 Å². The van der Waals surface area contributed by atoms with E-state index in [4.69, 9.17) is 11.6 Å². The van der Waals surface area contributed by atoms with Gasteiger partial charge in [0.1, 0.15) is 18.0 Å². The number of fused-ring (bicyclic) bond motifs is 1. The minimum absolute atomic E-state index is 0.00884. The summed E-state index contributed by atoms with van der Waals surface area (Å²) in [5.41, 5.74) is 1.41. The Kier molecular flexibility index (Phi) is 4.42. The summed E-state index contributed by atoms with van der Waals surface area (Å²) in [6, 6.07) is 8.15. The molecule has 4 rings (SSSR count).